The Morgan fingerprint density at radius 3 is 2.67 bits per heavy atom. The molecule has 0 unspecified atom stereocenters. The van der Waals surface area contributed by atoms with Gasteiger partial charge < -0.3 is 14.0 Å². The van der Waals surface area contributed by atoms with Gasteiger partial charge in [-0.15, -0.1) is 0 Å². The van der Waals surface area contributed by atoms with Crippen molar-refractivity contribution >= 4 is 11.8 Å². The predicted octanol–water partition coefficient (Wildman–Crippen LogP) is 3.86. The van der Waals surface area contributed by atoms with Crippen molar-refractivity contribution in [2.75, 3.05) is 19.0 Å². The fourth-order valence-corrected chi connectivity index (χ4v) is 3.20. The highest BCUT2D eigenvalue weighted by Gasteiger charge is 2.14. The Kier molecular flexibility index (Phi) is 4.78. The minimum Gasteiger partial charge on any atom is -0.497 e. The molecule has 0 saturated carbocycles. The number of rotatable bonds is 6. The van der Waals surface area contributed by atoms with E-state index in [0.717, 1.165) is 24.2 Å². The molecule has 0 spiro atoms. The van der Waals surface area contributed by atoms with Gasteiger partial charge in [-0.1, -0.05) is 17.3 Å². The number of fused-ring (bicyclic) bond motifs is 1. The Hall–Kier alpha value is -3.28. The lowest BCUT2D eigenvalue weighted by Gasteiger charge is -2.06. The van der Waals surface area contributed by atoms with Gasteiger partial charge in [0, 0.05) is 11.6 Å². The molecule has 1 aromatic heterocycles. The number of amides is 1. The normalized spacial score (nSPS) is 12.5. The molecule has 1 aliphatic rings. The first kappa shape index (κ1) is 17.1. The summed E-state index contributed by atoms with van der Waals surface area (Å²) in [5, 5.41) is 6.72. The molecule has 138 valence electrons. The third kappa shape index (κ3) is 3.95. The summed E-state index contributed by atoms with van der Waals surface area (Å²) in [7, 11) is 1.59. The predicted molar refractivity (Wildman–Crippen MR) is 101 cm³/mol. The average Bonchev–Trinajstić information content (AvgIpc) is 3.35. The minimum absolute atomic E-state index is 0.124. The number of aromatic nitrogens is 1. The van der Waals surface area contributed by atoms with Crippen molar-refractivity contribution < 1.29 is 18.8 Å². The molecule has 2 aromatic carbocycles. The van der Waals surface area contributed by atoms with E-state index in [1.807, 2.05) is 6.07 Å². The molecule has 1 N–H and O–H groups in total. The van der Waals surface area contributed by atoms with E-state index in [0.29, 0.717) is 17.3 Å². The van der Waals surface area contributed by atoms with Crippen molar-refractivity contribution in [3.05, 3.63) is 59.7 Å². The molecule has 27 heavy (non-hydrogen) atoms. The van der Waals surface area contributed by atoms with Crippen LogP contribution in [0.5, 0.6) is 11.5 Å². The van der Waals surface area contributed by atoms with Crippen LogP contribution in [0.4, 0.5) is 5.88 Å². The molecule has 1 amide bonds. The molecule has 6 heteroatoms. The van der Waals surface area contributed by atoms with Gasteiger partial charge in [0.15, 0.2) is 6.61 Å². The maximum absolute atomic E-state index is 12.1. The van der Waals surface area contributed by atoms with Crippen molar-refractivity contribution in [2.24, 2.45) is 0 Å². The Bertz CT molecular complexity index is 947. The highest BCUT2D eigenvalue weighted by Crippen LogP contribution is 2.28. The van der Waals surface area contributed by atoms with Crippen LogP contribution in [0.3, 0.4) is 0 Å². The zero-order chi connectivity index (χ0) is 18.6. The van der Waals surface area contributed by atoms with E-state index < -0.39 is 0 Å². The molecule has 0 radical (unpaired) electrons. The first-order valence-corrected chi connectivity index (χ1v) is 8.87. The standard InChI is InChI=1S/C21H20N2O4/c1-25-17-7-9-18(10-8-17)26-13-20(24)22-21-12-19(23-27-21)16-6-5-14-3-2-4-15(14)11-16/h5-12H,2-4,13H2,1H3,(H,22,24). The topological polar surface area (TPSA) is 73.6 Å². The largest absolute Gasteiger partial charge is 0.497 e. The summed E-state index contributed by atoms with van der Waals surface area (Å²) < 4.78 is 15.8. The zero-order valence-electron chi connectivity index (χ0n) is 15.0. The van der Waals surface area contributed by atoms with E-state index in [9.17, 15) is 4.79 Å². The molecule has 0 aliphatic heterocycles. The van der Waals surface area contributed by atoms with E-state index in [1.54, 1.807) is 37.4 Å². The lowest BCUT2D eigenvalue weighted by atomic mass is 10.0. The van der Waals surface area contributed by atoms with E-state index in [4.69, 9.17) is 14.0 Å². The van der Waals surface area contributed by atoms with Gasteiger partial charge in [0.05, 0.1) is 7.11 Å². The molecule has 0 saturated heterocycles. The number of benzene rings is 2. The van der Waals surface area contributed by atoms with Crippen molar-refractivity contribution in [2.45, 2.75) is 19.3 Å². The molecule has 0 atom stereocenters. The second kappa shape index (κ2) is 7.53. The molecule has 1 heterocycles. The molecule has 3 aromatic rings. The van der Waals surface area contributed by atoms with Gasteiger partial charge >= 0.3 is 0 Å². The van der Waals surface area contributed by atoms with Crippen LogP contribution < -0.4 is 14.8 Å². The van der Waals surface area contributed by atoms with Crippen LogP contribution in [0.1, 0.15) is 17.5 Å². The number of ether oxygens (including phenoxy) is 2. The van der Waals surface area contributed by atoms with Crippen LogP contribution in [-0.4, -0.2) is 24.8 Å². The fraction of sp³-hybridized carbons (Fsp3) is 0.238. The zero-order valence-corrected chi connectivity index (χ0v) is 15.0. The van der Waals surface area contributed by atoms with Crippen LogP contribution in [0, 0.1) is 0 Å². The number of anilines is 1. The summed E-state index contributed by atoms with van der Waals surface area (Å²) in [4.78, 5) is 12.1. The number of nitrogens with zero attached hydrogens (tertiary/aromatic N) is 1. The number of aryl methyl sites for hydroxylation is 2. The number of methoxy groups -OCH3 is 1. The minimum atomic E-state index is -0.317. The SMILES string of the molecule is COc1ccc(OCC(=O)Nc2cc(-c3ccc4c(c3)CCC4)no2)cc1. The summed E-state index contributed by atoms with van der Waals surface area (Å²) in [5.41, 5.74) is 4.48. The molecule has 0 bridgehead atoms. The number of carbonyl (C=O) groups excluding carboxylic acids is 1. The smallest absolute Gasteiger partial charge is 0.264 e. The molecular weight excluding hydrogens is 344 g/mol. The van der Waals surface area contributed by atoms with Crippen LogP contribution in [0.2, 0.25) is 0 Å². The average molecular weight is 364 g/mol. The van der Waals surface area contributed by atoms with E-state index in [1.165, 1.54) is 17.5 Å². The molecule has 4 rings (SSSR count). The van der Waals surface area contributed by atoms with Gasteiger partial charge in [-0.05, 0) is 60.7 Å². The van der Waals surface area contributed by atoms with Gasteiger partial charge in [0.1, 0.15) is 17.2 Å². The quantitative estimate of drug-likeness (QED) is 0.719. The van der Waals surface area contributed by atoms with Crippen LogP contribution in [0.25, 0.3) is 11.3 Å². The fourth-order valence-electron chi connectivity index (χ4n) is 3.20. The Labute approximate surface area is 157 Å². The van der Waals surface area contributed by atoms with Crippen molar-refractivity contribution in [1.82, 2.24) is 5.16 Å². The molecule has 6 nitrogen and oxygen atoms in total. The third-order valence-corrected chi connectivity index (χ3v) is 4.60. The summed E-state index contributed by atoms with van der Waals surface area (Å²) >= 11 is 0. The van der Waals surface area contributed by atoms with E-state index >= 15 is 0 Å². The van der Waals surface area contributed by atoms with Gasteiger partial charge in [-0.25, -0.2) is 0 Å². The summed E-state index contributed by atoms with van der Waals surface area (Å²) in [5.74, 6) is 1.30. The van der Waals surface area contributed by atoms with Crippen molar-refractivity contribution in [1.29, 1.82) is 0 Å². The highest BCUT2D eigenvalue weighted by atomic mass is 16.5. The maximum Gasteiger partial charge on any atom is 0.264 e. The monoisotopic (exact) mass is 364 g/mol. The Morgan fingerprint density at radius 2 is 1.85 bits per heavy atom. The van der Waals surface area contributed by atoms with Crippen molar-refractivity contribution in [3.8, 4) is 22.8 Å². The maximum atomic E-state index is 12.1. The number of carbonyl (C=O) groups is 1. The van der Waals surface area contributed by atoms with Gasteiger partial charge in [-0.2, -0.15) is 0 Å². The number of hydrogen-bond donors (Lipinski definition) is 1. The van der Waals surface area contributed by atoms with Crippen LogP contribution >= 0.6 is 0 Å². The lowest BCUT2D eigenvalue weighted by Crippen LogP contribution is -2.19. The summed E-state index contributed by atoms with van der Waals surface area (Å²) in [6.07, 6.45) is 3.45. The summed E-state index contributed by atoms with van der Waals surface area (Å²) in [6.45, 7) is -0.124. The van der Waals surface area contributed by atoms with Crippen LogP contribution in [0.15, 0.2) is 53.1 Å². The van der Waals surface area contributed by atoms with Gasteiger partial charge in [-0.3, -0.25) is 10.1 Å². The lowest BCUT2D eigenvalue weighted by molar-refractivity contribution is -0.118. The molecule has 1 aliphatic carbocycles. The van der Waals surface area contributed by atoms with E-state index in [-0.39, 0.29) is 12.5 Å². The van der Waals surface area contributed by atoms with Gasteiger partial charge in [0.25, 0.3) is 5.91 Å². The second-order valence-corrected chi connectivity index (χ2v) is 6.43. The molecule has 0 fully saturated rings. The number of nitrogens with one attached hydrogen (secondary N) is 1. The first-order chi connectivity index (χ1) is 13.2. The van der Waals surface area contributed by atoms with E-state index in [2.05, 4.69) is 22.6 Å². The number of hydrogen-bond acceptors (Lipinski definition) is 5. The summed E-state index contributed by atoms with van der Waals surface area (Å²) in [6, 6.07) is 15.1. The van der Waals surface area contributed by atoms with Crippen molar-refractivity contribution in [3.63, 3.8) is 0 Å². The molecular formula is C21H20N2O4. The Balaban J connectivity index is 1.35. The third-order valence-electron chi connectivity index (χ3n) is 4.60. The Morgan fingerprint density at radius 1 is 1.07 bits per heavy atom. The van der Waals surface area contributed by atoms with Crippen LogP contribution in [-0.2, 0) is 17.6 Å². The van der Waals surface area contributed by atoms with Gasteiger partial charge in [0.2, 0.25) is 5.88 Å². The second-order valence-electron chi connectivity index (χ2n) is 6.43. The highest BCUT2D eigenvalue weighted by molar-refractivity contribution is 5.91. The first-order valence-electron chi connectivity index (χ1n) is 8.87.